The predicted molar refractivity (Wildman–Crippen MR) is 178 cm³/mol. The zero-order valence-electron chi connectivity index (χ0n) is 26.8. The third-order valence-corrected chi connectivity index (χ3v) is 8.46. The number of rotatable bonds is 11. The number of thioether (sulfide) groups is 1. The van der Waals surface area contributed by atoms with E-state index in [4.69, 9.17) is 23.7 Å². The van der Waals surface area contributed by atoms with Gasteiger partial charge < -0.3 is 23.7 Å². The zero-order valence-corrected chi connectivity index (χ0v) is 27.6. The Bertz CT molecular complexity index is 1730. The van der Waals surface area contributed by atoms with E-state index in [1.807, 2.05) is 0 Å². The van der Waals surface area contributed by atoms with Crippen molar-refractivity contribution < 1.29 is 47.7 Å². The summed E-state index contributed by atoms with van der Waals surface area (Å²) in [5.74, 6) is -3.51. The van der Waals surface area contributed by atoms with Gasteiger partial charge in [-0.15, -0.1) is 5.10 Å². The summed E-state index contributed by atoms with van der Waals surface area (Å²) in [4.78, 5) is 67.2. The van der Waals surface area contributed by atoms with Crippen molar-refractivity contribution in [2.45, 2.75) is 50.1 Å². The summed E-state index contributed by atoms with van der Waals surface area (Å²) < 4.78 is 28.6. The molecular weight excluding hydrogens is 654 g/mol. The molecule has 2 aliphatic heterocycles. The molecule has 5 rings (SSSR count). The summed E-state index contributed by atoms with van der Waals surface area (Å²) in [6.45, 7) is 2.96. The number of methoxy groups -OCH3 is 1. The van der Waals surface area contributed by atoms with Crippen LogP contribution in [0.1, 0.15) is 51.3 Å². The lowest BCUT2D eigenvalue weighted by atomic mass is 10.1. The Morgan fingerprint density at radius 1 is 0.776 bits per heavy atom. The summed E-state index contributed by atoms with van der Waals surface area (Å²) in [7, 11) is 1.20. The van der Waals surface area contributed by atoms with Crippen LogP contribution >= 0.6 is 11.8 Å². The van der Waals surface area contributed by atoms with Crippen LogP contribution in [0, 0.1) is 0 Å². The fraction of sp³-hybridized carbons (Fsp3) is 0.286. The molecule has 3 aromatic carbocycles. The molecule has 0 saturated carbocycles. The van der Waals surface area contributed by atoms with Gasteiger partial charge in [0.05, 0.1) is 30.2 Å². The Morgan fingerprint density at radius 3 is 1.80 bits per heavy atom. The van der Waals surface area contributed by atoms with E-state index < -0.39 is 66.2 Å². The summed E-state index contributed by atoms with van der Waals surface area (Å²) in [6.07, 6.45) is -5.82. The first-order chi connectivity index (χ1) is 23.7. The van der Waals surface area contributed by atoms with Gasteiger partial charge in [0, 0.05) is 5.71 Å². The standard InChI is InChI=1S/C35H33N3O10S/c1-21(2)36-37-35-38(30(40)26(49-35)19-27(39)44-3)31-29(48-34(43)24-17-11-6-12-18-24)28(47-33(42)23-15-9-5-10-16-23)25(46-31)20-45-32(41)22-13-7-4-8-14-22/h4-18,25-26,28-29,31H,19-20H2,1-3H3/b37-35+/t25-,26?,28-,29-,31-/m1/s1. The van der Waals surface area contributed by atoms with Crippen LogP contribution in [-0.2, 0) is 33.3 Å². The van der Waals surface area contributed by atoms with Crippen molar-refractivity contribution >= 4 is 52.4 Å². The minimum Gasteiger partial charge on any atom is -0.469 e. The van der Waals surface area contributed by atoms with Crippen LogP contribution in [0.4, 0.5) is 0 Å². The highest BCUT2D eigenvalue weighted by Crippen LogP contribution is 2.38. The molecule has 13 nitrogen and oxygen atoms in total. The highest BCUT2D eigenvalue weighted by atomic mass is 32.2. The maximum atomic E-state index is 14.0. The summed E-state index contributed by atoms with van der Waals surface area (Å²) in [5.41, 5.74) is 1.21. The fourth-order valence-electron chi connectivity index (χ4n) is 4.96. The van der Waals surface area contributed by atoms with Crippen molar-refractivity contribution in [1.82, 2.24) is 4.90 Å². The SMILES string of the molecule is COC(=O)CC1S/C(=N/N=C(C)C)N([C@@H]2O[C@H](COC(=O)c3ccccc3)[C@@H](OC(=O)c3ccccc3)[C@H]2OC(=O)c2ccccc2)C1=O. The first-order valence-corrected chi connectivity index (χ1v) is 16.1. The van der Waals surface area contributed by atoms with Gasteiger partial charge >= 0.3 is 23.9 Å². The van der Waals surface area contributed by atoms with Crippen molar-refractivity contribution in [1.29, 1.82) is 0 Å². The largest absolute Gasteiger partial charge is 0.469 e. The number of carbonyl (C=O) groups is 5. The Balaban J connectivity index is 1.55. The van der Waals surface area contributed by atoms with Gasteiger partial charge in [-0.2, -0.15) is 5.10 Å². The maximum Gasteiger partial charge on any atom is 0.338 e. The van der Waals surface area contributed by atoms with E-state index in [-0.39, 0.29) is 28.3 Å². The molecule has 1 unspecified atom stereocenters. The van der Waals surface area contributed by atoms with Crippen molar-refractivity contribution in [2.75, 3.05) is 13.7 Å². The van der Waals surface area contributed by atoms with Gasteiger partial charge in [0.2, 0.25) is 5.91 Å². The minimum atomic E-state index is -1.46. The third-order valence-electron chi connectivity index (χ3n) is 7.32. The number of esters is 4. The third kappa shape index (κ3) is 8.58. The topological polar surface area (TPSA) is 159 Å². The van der Waals surface area contributed by atoms with Crippen LogP contribution in [0.2, 0.25) is 0 Å². The van der Waals surface area contributed by atoms with Gasteiger partial charge in [-0.3, -0.25) is 14.5 Å². The first kappa shape index (κ1) is 35.0. The Hall–Kier alpha value is -5.34. The number of amides is 1. The van der Waals surface area contributed by atoms with Crippen molar-refractivity contribution in [3.05, 3.63) is 108 Å². The number of nitrogens with zero attached hydrogens (tertiary/aromatic N) is 3. The summed E-state index contributed by atoms with van der Waals surface area (Å²) in [6, 6.07) is 24.4. The lowest BCUT2D eigenvalue weighted by Crippen LogP contribution is -2.50. The normalized spacial score (nSPS) is 22.3. The molecule has 0 radical (unpaired) electrons. The summed E-state index contributed by atoms with van der Waals surface area (Å²) in [5, 5.41) is 7.40. The molecule has 0 spiro atoms. The van der Waals surface area contributed by atoms with Crippen LogP contribution in [-0.4, -0.2) is 89.1 Å². The van der Waals surface area contributed by atoms with Gasteiger partial charge in [-0.05, 0) is 50.2 Å². The van der Waals surface area contributed by atoms with E-state index in [2.05, 4.69) is 10.2 Å². The number of ether oxygens (including phenoxy) is 5. The monoisotopic (exact) mass is 687 g/mol. The molecule has 49 heavy (non-hydrogen) atoms. The molecular formula is C35H33N3O10S. The quantitative estimate of drug-likeness (QED) is 0.123. The van der Waals surface area contributed by atoms with Crippen LogP contribution in [0.25, 0.3) is 0 Å². The molecule has 2 fully saturated rings. The average molecular weight is 688 g/mol. The molecule has 2 saturated heterocycles. The Kier molecular flexibility index (Phi) is 11.5. The minimum absolute atomic E-state index is 0.0425. The highest BCUT2D eigenvalue weighted by Gasteiger charge is 2.57. The molecule has 3 aromatic rings. The smallest absolute Gasteiger partial charge is 0.338 e. The van der Waals surface area contributed by atoms with Crippen molar-refractivity contribution in [2.24, 2.45) is 10.2 Å². The molecule has 0 aromatic heterocycles. The molecule has 0 N–H and O–H groups in total. The van der Waals surface area contributed by atoms with E-state index in [0.29, 0.717) is 5.71 Å². The van der Waals surface area contributed by atoms with Crippen LogP contribution < -0.4 is 0 Å². The van der Waals surface area contributed by atoms with Gasteiger partial charge in [-0.25, -0.2) is 14.4 Å². The fourth-order valence-corrected chi connectivity index (χ4v) is 6.05. The molecule has 2 heterocycles. The molecule has 254 valence electrons. The second-order valence-corrected chi connectivity index (χ2v) is 12.2. The predicted octanol–water partition coefficient (Wildman–Crippen LogP) is 4.28. The molecule has 2 aliphatic rings. The summed E-state index contributed by atoms with van der Waals surface area (Å²) >= 11 is 0.950. The maximum absolute atomic E-state index is 14.0. The number of benzene rings is 3. The second-order valence-electron chi connectivity index (χ2n) is 11.0. The molecule has 1 amide bonds. The van der Waals surface area contributed by atoms with E-state index >= 15 is 0 Å². The number of carbonyl (C=O) groups excluding carboxylic acids is 5. The lowest BCUT2D eigenvalue weighted by molar-refractivity contribution is -0.146. The van der Waals surface area contributed by atoms with Crippen LogP contribution in [0.3, 0.4) is 0 Å². The van der Waals surface area contributed by atoms with Crippen LogP contribution in [0.5, 0.6) is 0 Å². The molecule has 0 aliphatic carbocycles. The van der Waals surface area contributed by atoms with Gasteiger partial charge in [0.25, 0.3) is 0 Å². The number of hydrogen-bond donors (Lipinski definition) is 0. The van der Waals surface area contributed by atoms with Crippen molar-refractivity contribution in [3.63, 3.8) is 0 Å². The van der Waals surface area contributed by atoms with Gasteiger partial charge in [-0.1, -0.05) is 66.4 Å². The van der Waals surface area contributed by atoms with E-state index in [0.717, 1.165) is 16.7 Å². The number of hydrogen-bond acceptors (Lipinski definition) is 13. The molecule has 14 heteroatoms. The molecule has 5 atom stereocenters. The van der Waals surface area contributed by atoms with Crippen molar-refractivity contribution in [3.8, 4) is 0 Å². The first-order valence-electron chi connectivity index (χ1n) is 15.2. The Labute approximate surface area is 286 Å². The van der Waals surface area contributed by atoms with E-state index in [9.17, 15) is 24.0 Å². The molecule has 0 bridgehead atoms. The van der Waals surface area contributed by atoms with Gasteiger partial charge in [0.15, 0.2) is 23.6 Å². The van der Waals surface area contributed by atoms with Crippen LogP contribution in [0.15, 0.2) is 101 Å². The van der Waals surface area contributed by atoms with E-state index in [1.165, 1.54) is 19.2 Å². The zero-order chi connectivity index (χ0) is 34.9. The lowest BCUT2D eigenvalue weighted by Gasteiger charge is -2.29. The van der Waals surface area contributed by atoms with Gasteiger partial charge in [0.1, 0.15) is 18.0 Å². The highest BCUT2D eigenvalue weighted by molar-refractivity contribution is 8.15. The average Bonchev–Trinajstić information content (AvgIpc) is 3.61. The second kappa shape index (κ2) is 16.2. The number of amidine groups is 1. The van der Waals surface area contributed by atoms with E-state index in [1.54, 1.807) is 92.7 Å². The Morgan fingerprint density at radius 2 is 1.29 bits per heavy atom.